The Morgan fingerprint density at radius 1 is 1.14 bits per heavy atom. The largest absolute Gasteiger partial charge is 0.495 e. The summed E-state index contributed by atoms with van der Waals surface area (Å²) < 4.78 is 38.6. The fraction of sp³-hybridized carbons (Fsp3) is 0.409. The number of methoxy groups -OCH3 is 1. The molecule has 0 spiro atoms. The van der Waals surface area contributed by atoms with E-state index in [0.717, 1.165) is 24.8 Å². The quantitative estimate of drug-likeness (QED) is 0.643. The highest BCUT2D eigenvalue weighted by Crippen LogP contribution is 2.31. The Hall–Kier alpha value is -2.38. The lowest BCUT2D eigenvalue weighted by atomic mass is 10.1. The summed E-state index contributed by atoms with van der Waals surface area (Å²) in [5.74, 6) is -0.324. The second-order valence-corrected chi connectivity index (χ2v) is 9.06. The predicted molar refractivity (Wildman–Crippen MR) is 111 cm³/mol. The average Bonchev–Trinajstić information content (AvgIpc) is 2.74. The van der Waals surface area contributed by atoms with Gasteiger partial charge in [-0.15, -0.1) is 0 Å². The van der Waals surface area contributed by atoms with Crippen molar-refractivity contribution in [1.29, 1.82) is 0 Å². The molecular weight excluding hydrogens is 390 g/mol. The van der Waals surface area contributed by atoms with Crippen LogP contribution in [0, 0.1) is 0 Å². The van der Waals surface area contributed by atoms with Crippen molar-refractivity contribution in [2.45, 2.75) is 43.5 Å². The Balaban J connectivity index is 1.78. The van der Waals surface area contributed by atoms with Crippen LogP contribution in [0.15, 0.2) is 53.4 Å². The molecule has 0 aliphatic carbocycles. The fourth-order valence-corrected chi connectivity index (χ4v) is 5.43. The van der Waals surface area contributed by atoms with Crippen molar-refractivity contribution in [3.8, 4) is 5.75 Å². The number of rotatable bonds is 7. The standard InChI is InChI=1S/C22H27NO5S/c1-17-8-6-7-14-23(17)29(25,26)21-16-19(11-12-20(21)27-2)22(24)28-15-13-18-9-4-3-5-10-18/h3-5,9-12,16-17H,6-8,13-15H2,1-2H3. The number of carbonyl (C=O) groups excluding carboxylic acids is 1. The van der Waals surface area contributed by atoms with Gasteiger partial charge in [0, 0.05) is 19.0 Å². The lowest BCUT2D eigenvalue weighted by Crippen LogP contribution is -2.42. The first-order valence-corrected chi connectivity index (χ1v) is 11.3. The molecule has 1 aliphatic heterocycles. The number of nitrogens with zero attached hydrogens (tertiary/aromatic N) is 1. The SMILES string of the molecule is COc1ccc(C(=O)OCCc2ccccc2)cc1S(=O)(=O)N1CCCCC1C. The molecule has 1 saturated heterocycles. The summed E-state index contributed by atoms with van der Waals surface area (Å²) in [5.41, 5.74) is 1.26. The molecule has 0 saturated carbocycles. The maximum Gasteiger partial charge on any atom is 0.338 e. The normalized spacial score (nSPS) is 17.7. The van der Waals surface area contributed by atoms with Crippen molar-refractivity contribution >= 4 is 16.0 Å². The molecule has 7 heteroatoms. The van der Waals surface area contributed by atoms with Crippen molar-refractivity contribution in [3.63, 3.8) is 0 Å². The minimum atomic E-state index is -3.77. The van der Waals surface area contributed by atoms with Crippen LogP contribution in [-0.4, -0.2) is 45.0 Å². The Bertz CT molecular complexity index is 943. The van der Waals surface area contributed by atoms with Gasteiger partial charge in [0.2, 0.25) is 10.0 Å². The Morgan fingerprint density at radius 2 is 1.90 bits per heavy atom. The van der Waals surface area contributed by atoms with Crippen LogP contribution in [-0.2, 0) is 21.2 Å². The number of hydrogen-bond donors (Lipinski definition) is 0. The number of sulfonamides is 1. The van der Waals surface area contributed by atoms with E-state index in [1.165, 1.54) is 29.6 Å². The molecule has 6 nitrogen and oxygen atoms in total. The van der Waals surface area contributed by atoms with Crippen LogP contribution in [0.2, 0.25) is 0 Å². The fourth-order valence-electron chi connectivity index (χ4n) is 3.55. The van der Waals surface area contributed by atoms with Crippen molar-refractivity contribution < 1.29 is 22.7 Å². The van der Waals surface area contributed by atoms with E-state index in [0.29, 0.717) is 13.0 Å². The minimum absolute atomic E-state index is 0.00580. The molecule has 156 valence electrons. The van der Waals surface area contributed by atoms with Gasteiger partial charge in [0.15, 0.2) is 0 Å². The summed E-state index contributed by atoms with van der Waals surface area (Å²) in [6.07, 6.45) is 3.26. The van der Waals surface area contributed by atoms with Crippen LogP contribution in [0.5, 0.6) is 5.75 Å². The molecule has 0 amide bonds. The molecule has 1 unspecified atom stereocenters. The van der Waals surface area contributed by atoms with Crippen molar-refractivity contribution in [2.75, 3.05) is 20.3 Å². The second kappa shape index (κ2) is 9.41. The molecule has 1 aliphatic rings. The number of benzene rings is 2. The van der Waals surface area contributed by atoms with Gasteiger partial charge in [-0.1, -0.05) is 36.8 Å². The Morgan fingerprint density at radius 3 is 2.59 bits per heavy atom. The third-order valence-corrected chi connectivity index (χ3v) is 7.23. The number of hydrogen-bond acceptors (Lipinski definition) is 5. The van der Waals surface area contributed by atoms with E-state index in [4.69, 9.17) is 9.47 Å². The highest BCUT2D eigenvalue weighted by Gasteiger charge is 2.33. The maximum atomic E-state index is 13.2. The van der Waals surface area contributed by atoms with Gasteiger partial charge >= 0.3 is 5.97 Å². The Labute approximate surface area is 172 Å². The van der Waals surface area contributed by atoms with Crippen molar-refractivity contribution in [2.24, 2.45) is 0 Å². The van der Waals surface area contributed by atoms with Crippen LogP contribution in [0.4, 0.5) is 0 Å². The zero-order valence-corrected chi connectivity index (χ0v) is 17.7. The van der Waals surface area contributed by atoms with E-state index < -0.39 is 16.0 Å². The van der Waals surface area contributed by atoms with Crippen LogP contribution < -0.4 is 4.74 Å². The first-order chi connectivity index (χ1) is 13.9. The number of esters is 1. The lowest BCUT2D eigenvalue weighted by molar-refractivity contribution is 0.0509. The summed E-state index contributed by atoms with van der Waals surface area (Å²) in [6, 6.07) is 14.0. The molecule has 0 aromatic heterocycles. The molecule has 1 heterocycles. The summed E-state index contributed by atoms with van der Waals surface area (Å²) in [7, 11) is -2.35. The monoisotopic (exact) mass is 417 g/mol. The molecule has 3 rings (SSSR count). The zero-order valence-electron chi connectivity index (χ0n) is 16.8. The van der Waals surface area contributed by atoms with E-state index in [9.17, 15) is 13.2 Å². The summed E-state index contributed by atoms with van der Waals surface area (Å²) in [6.45, 7) is 2.60. The van der Waals surface area contributed by atoms with Gasteiger partial charge in [0.25, 0.3) is 0 Å². The zero-order chi connectivity index (χ0) is 20.9. The van der Waals surface area contributed by atoms with E-state index in [-0.39, 0.29) is 28.9 Å². The summed E-state index contributed by atoms with van der Waals surface area (Å²) in [5, 5.41) is 0. The van der Waals surface area contributed by atoms with Gasteiger partial charge in [-0.2, -0.15) is 4.31 Å². The molecule has 1 fully saturated rings. The first kappa shape index (κ1) is 21.3. The van der Waals surface area contributed by atoms with Crippen molar-refractivity contribution in [3.05, 3.63) is 59.7 Å². The van der Waals surface area contributed by atoms with E-state index in [1.54, 1.807) is 0 Å². The van der Waals surface area contributed by atoms with Crippen LogP contribution in [0.1, 0.15) is 42.1 Å². The first-order valence-electron chi connectivity index (χ1n) is 9.84. The minimum Gasteiger partial charge on any atom is -0.495 e. The second-order valence-electron chi connectivity index (χ2n) is 7.20. The van der Waals surface area contributed by atoms with E-state index in [2.05, 4.69) is 0 Å². The van der Waals surface area contributed by atoms with Crippen LogP contribution >= 0.6 is 0 Å². The lowest BCUT2D eigenvalue weighted by Gasteiger charge is -2.32. The smallest absolute Gasteiger partial charge is 0.338 e. The van der Waals surface area contributed by atoms with Crippen molar-refractivity contribution in [1.82, 2.24) is 4.31 Å². The van der Waals surface area contributed by atoms with E-state index in [1.807, 2.05) is 37.3 Å². The molecule has 29 heavy (non-hydrogen) atoms. The number of piperidine rings is 1. The third-order valence-electron chi connectivity index (χ3n) is 5.19. The average molecular weight is 418 g/mol. The molecule has 1 atom stereocenters. The highest BCUT2D eigenvalue weighted by molar-refractivity contribution is 7.89. The molecule has 0 N–H and O–H groups in total. The number of carbonyl (C=O) groups is 1. The van der Waals surface area contributed by atoms with Crippen LogP contribution in [0.25, 0.3) is 0 Å². The van der Waals surface area contributed by atoms with Crippen LogP contribution in [0.3, 0.4) is 0 Å². The van der Waals surface area contributed by atoms with Gasteiger partial charge in [-0.25, -0.2) is 13.2 Å². The summed E-state index contributed by atoms with van der Waals surface area (Å²) >= 11 is 0. The van der Waals surface area contributed by atoms with Gasteiger partial charge in [-0.3, -0.25) is 0 Å². The molecule has 2 aromatic carbocycles. The number of ether oxygens (including phenoxy) is 2. The molecule has 2 aromatic rings. The van der Waals surface area contributed by atoms with Gasteiger partial charge < -0.3 is 9.47 Å². The topological polar surface area (TPSA) is 72.9 Å². The summed E-state index contributed by atoms with van der Waals surface area (Å²) in [4.78, 5) is 12.5. The highest BCUT2D eigenvalue weighted by atomic mass is 32.2. The molecule has 0 bridgehead atoms. The van der Waals surface area contributed by atoms with Gasteiger partial charge in [0.1, 0.15) is 10.6 Å². The molecular formula is C22H27NO5S. The van der Waals surface area contributed by atoms with Gasteiger partial charge in [0.05, 0.1) is 19.3 Å². The predicted octanol–water partition coefficient (Wildman–Crippen LogP) is 3.66. The molecule has 0 radical (unpaired) electrons. The Kier molecular flexibility index (Phi) is 6.92. The van der Waals surface area contributed by atoms with Gasteiger partial charge in [-0.05, 0) is 43.5 Å². The van der Waals surface area contributed by atoms with E-state index >= 15 is 0 Å². The third kappa shape index (κ3) is 4.97. The maximum absolute atomic E-state index is 13.2.